The Morgan fingerprint density at radius 1 is 1.19 bits per heavy atom. The first-order valence-corrected chi connectivity index (χ1v) is 9.68. The number of hydrogen-bond acceptors (Lipinski definition) is 6. The van der Waals surface area contributed by atoms with Gasteiger partial charge in [0.2, 0.25) is 5.79 Å². The van der Waals surface area contributed by atoms with E-state index in [0.717, 1.165) is 0 Å². The number of Topliss-reactive ketones (excluding diaryl/α,β-unsaturated/α-hetero) is 1. The van der Waals surface area contributed by atoms with Crippen LogP contribution in [0.1, 0.15) is 39.5 Å². The third-order valence-electron chi connectivity index (χ3n) is 8.78. The molecule has 2 spiro atoms. The number of carbonyl (C=O) groups excluding carboxylic acids is 1. The summed E-state index contributed by atoms with van der Waals surface area (Å²) in [6, 6.07) is 0. The van der Waals surface area contributed by atoms with Crippen LogP contribution < -0.4 is 0 Å². The van der Waals surface area contributed by atoms with Gasteiger partial charge in [-0.25, -0.2) is 0 Å². The molecule has 4 bridgehead atoms. The molecule has 4 aliphatic carbocycles. The summed E-state index contributed by atoms with van der Waals surface area (Å²) >= 11 is 0. The summed E-state index contributed by atoms with van der Waals surface area (Å²) in [5, 5.41) is 45.1. The van der Waals surface area contributed by atoms with Crippen LogP contribution in [0.4, 0.5) is 0 Å². The van der Waals surface area contributed by atoms with Gasteiger partial charge in [-0.1, -0.05) is 20.4 Å². The molecule has 4 N–H and O–H groups in total. The highest BCUT2D eigenvalue weighted by Crippen LogP contribution is 2.76. The molecule has 0 aromatic rings. The van der Waals surface area contributed by atoms with E-state index < -0.39 is 46.8 Å². The predicted octanol–water partition coefficient (Wildman–Crippen LogP) is 0.376. The van der Waals surface area contributed by atoms with Gasteiger partial charge in [0, 0.05) is 17.3 Å². The largest absolute Gasteiger partial charge is 0.393 e. The summed E-state index contributed by atoms with van der Waals surface area (Å²) in [7, 11) is 0. The first kappa shape index (κ1) is 17.3. The van der Waals surface area contributed by atoms with E-state index in [4.69, 9.17) is 4.74 Å². The van der Waals surface area contributed by atoms with Crippen molar-refractivity contribution in [1.82, 2.24) is 0 Å². The summed E-state index contributed by atoms with van der Waals surface area (Å²) in [6.45, 7) is 8.01. The highest BCUT2D eigenvalue weighted by atomic mass is 16.6. The Labute approximate surface area is 152 Å². The van der Waals surface area contributed by atoms with Gasteiger partial charge in [0.15, 0.2) is 5.78 Å². The zero-order valence-corrected chi connectivity index (χ0v) is 15.3. The van der Waals surface area contributed by atoms with Crippen molar-refractivity contribution in [2.75, 3.05) is 6.61 Å². The molecule has 9 atom stereocenters. The summed E-state index contributed by atoms with van der Waals surface area (Å²) in [4.78, 5) is 13.3. The molecule has 6 heteroatoms. The van der Waals surface area contributed by atoms with Gasteiger partial charge in [-0.15, -0.1) is 0 Å². The minimum absolute atomic E-state index is 0.0454. The van der Waals surface area contributed by atoms with Crippen molar-refractivity contribution in [3.8, 4) is 0 Å². The third kappa shape index (κ3) is 1.47. The first-order valence-electron chi connectivity index (χ1n) is 9.68. The number of allylic oxidation sites excluding steroid dienone is 1. The smallest absolute Gasteiger partial charge is 0.205 e. The summed E-state index contributed by atoms with van der Waals surface area (Å²) < 4.78 is 5.83. The number of aliphatic hydroxyl groups excluding tert-OH is 3. The molecule has 0 aromatic heterocycles. The lowest BCUT2D eigenvalue weighted by atomic mass is 9.35. The summed E-state index contributed by atoms with van der Waals surface area (Å²) in [5.41, 5.74) is -2.32. The fourth-order valence-electron chi connectivity index (χ4n) is 7.88. The quantitative estimate of drug-likeness (QED) is 0.463. The number of ether oxygens (including phenoxy) is 1. The van der Waals surface area contributed by atoms with E-state index in [1.54, 1.807) is 0 Å². The average Bonchev–Trinajstić information content (AvgIpc) is 2.76. The second-order valence-electron chi connectivity index (χ2n) is 10.1. The molecule has 6 fully saturated rings. The van der Waals surface area contributed by atoms with E-state index in [1.165, 1.54) is 0 Å². The maximum Gasteiger partial charge on any atom is 0.205 e. The van der Waals surface area contributed by atoms with Crippen LogP contribution in [0.3, 0.4) is 0 Å². The predicted molar refractivity (Wildman–Crippen MR) is 90.7 cm³/mol. The molecular formula is C20H28O6. The fraction of sp³-hybridized carbons (Fsp3) is 0.850. The van der Waals surface area contributed by atoms with Crippen LogP contribution in [0.5, 0.6) is 0 Å². The van der Waals surface area contributed by atoms with Gasteiger partial charge in [0.05, 0.1) is 24.2 Å². The zero-order valence-electron chi connectivity index (χ0n) is 15.3. The molecule has 2 aliphatic heterocycles. The monoisotopic (exact) mass is 364 g/mol. The van der Waals surface area contributed by atoms with Crippen molar-refractivity contribution in [3.05, 3.63) is 12.2 Å². The van der Waals surface area contributed by atoms with Crippen LogP contribution in [0.15, 0.2) is 12.2 Å². The second kappa shape index (κ2) is 4.61. The van der Waals surface area contributed by atoms with Crippen LogP contribution in [0.2, 0.25) is 0 Å². The minimum atomic E-state index is -2.05. The molecule has 144 valence electrons. The maximum absolute atomic E-state index is 13.3. The van der Waals surface area contributed by atoms with Gasteiger partial charge in [-0.05, 0) is 42.6 Å². The van der Waals surface area contributed by atoms with Gasteiger partial charge in [-0.2, -0.15) is 0 Å². The number of hydrogen-bond donors (Lipinski definition) is 4. The molecule has 6 nitrogen and oxygen atoms in total. The van der Waals surface area contributed by atoms with Crippen molar-refractivity contribution < 1.29 is 30.0 Å². The van der Waals surface area contributed by atoms with E-state index >= 15 is 0 Å². The van der Waals surface area contributed by atoms with Crippen LogP contribution >= 0.6 is 0 Å². The van der Waals surface area contributed by atoms with Gasteiger partial charge in [-0.3, -0.25) is 4.79 Å². The first-order chi connectivity index (χ1) is 12.0. The molecule has 0 aromatic carbocycles. The van der Waals surface area contributed by atoms with E-state index in [-0.39, 0.29) is 23.7 Å². The maximum atomic E-state index is 13.3. The summed E-state index contributed by atoms with van der Waals surface area (Å²) in [6.07, 6.45) is -0.978. The number of rotatable bonds is 0. The normalized spacial score (nSPS) is 59.9. The molecule has 2 heterocycles. The van der Waals surface area contributed by atoms with Gasteiger partial charge in [0.1, 0.15) is 6.10 Å². The van der Waals surface area contributed by atoms with E-state index in [2.05, 4.69) is 6.58 Å². The van der Waals surface area contributed by atoms with E-state index in [0.29, 0.717) is 31.3 Å². The Morgan fingerprint density at radius 3 is 2.58 bits per heavy atom. The van der Waals surface area contributed by atoms with Crippen molar-refractivity contribution in [3.63, 3.8) is 0 Å². The lowest BCUT2D eigenvalue weighted by Gasteiger charge is -2.74. The van der Waals surface area contributed by atoms with Crippen molar-refractivity contribution in [2.45, 2.75) is 63.6 Å². The van der Waals surface area contributed by atoms with Crippen LogP contribution in [-0.2, 0) is 9.53 Å². The van der Waals surface area contributed by atoms with Gasteiger partial charge >= 0.3 is 0 Å². The average molecular weight is 364 g/mol. The minimum Gasteiger partial charge on any atom is -0.393 e. The number of carbonyl (C=O) groups is 1. The van der Waals surface area contributed by atoms with E-state index in [1.807, 2.05) is 13.8 Å². The third-order valence-corrected chi connectivity index (χ3v) is 8.78. The number of fused-ring (bicyclic) bond motifs is 2. The standard InChI is InChI=1S/C20H28O6/c1-9-10-6-11(21)13-18-8-26-20(25,19(13,7-10)15(9)23)16(24)14(18)17(2,3)5-4-12(18)22/h10-14,16,21-22,24-25H,1,4-8H2,2-3H3/t10-,11+,12+,13-,14-,16+,18+,19+,20-/m1/s1. The molecule has 0 radical (unpaired) electrons. The Hall–Kier alpha value is -0.790. The molecule has 4 saturated carbocycles. The molecule has 6 rings (SSSR count). The highest BCUT2D eigenvalue weighted by Gasteiger charge is 2.85. The number of ketones is 1. The van der Waals surface area contributed by atoms with Crippen molar-refractivity contribution in [1.29, 1.82) is 0 Å². The molecule has 2 saturated heterocycles. The molecule has 6 aliphatic rings. The van der Waals surface area contributed by atoms with Gasteiger partial charge in [0.25, 0.3) is 0 Å². The van der Waals surface area contributed by atoms with Crippen LogP contribution in [0, 0.1) is 34.0 Å². The van der Waals surface area contributed by atoms with E-state index in [9.17, 15) is 25.2 Å². The zero-order chi connectivity index (χ0) is 18.9. The molecule has 0 amide bonds. The Bertz CT molecular complexity index is 717. The Morgan fingerprint density at radius 2 is 1.88 bits per heavy atom. The highest BCUT2D eigenvalue weighted by molar-refractivity contribution is 6.04. The second-order valence-corrected chi connectivity index (χ2v) is 10.1. The lowest BCUT2D eigenvalue weighted by Crippen LogP contribution is -2.85. The van der Waals surface area contributed by atoms with Crippen molar-refractivity contribution in [2.24, 2.45) is 34.0 Å². The van der Waals surface area contributed by atoms with Gasteiger partial charge < -0.3 is 25.2 Å². The SMILES string of the molecule is C=C1C(=O)[C@]23C[C@H]1C[C@H](O)[C@@H]2[C@@]12CO[C@]3(O)[C@@H](O)[C@@H]1C(C)(C)CC[C@@H]2O. The van der Waals surface area contributed by atoms with Crippen molar-refractivity contribution >= 4 is 5.78 Å². The topological polar surface area (TPSA) is 107 Å². The summed E-state index contributed by atoms with van der Waals surface area (Å²) in [5.74, 6) is -3.66. The molecule has 26 heavy (non-hydrogen) atoms. The number of aliphatic hydroxyl groups is 4. The van der Waals surface area contributed by atoms with Crippen LogP contribution in [0.25, 0.3) is 0 Å². The molecule has 0 unspecified atom stereocenters. The van der Waals surface area contributed by atoms with Crippen LogP contribution in [-0.4, -0.2) is 56.9 Å². The Balaban J connectivity index is 1.81. The lowest BCUT2D eigenvalue weighted by molar-refractivity contribution is -0.455. The fourth-order valence-corrected chi connectivity index (χ4v) is 7.88. The molecular weight excluding hydrogens is 336 g/mol. The Kier molecular flexibility index (Phi) is 3.07.